The molecule has 0 spiro atoms. The number of nitrogens with zero attached hydrogens (tertiary/aromatic N) is 2. The Labute approximate surface area is 88.9 Å². The van der Waals surface area contributed by atoms with Gasteiger partial charge in [-0.1, -0.05) is 18.2 Å². The van der Waals surface area contributed by atoms with E-state index in [0.717, 1.165) is 12.1 Å². The third kappa shape index (κ3) is 1.59. The molecule has 15 heavy (non-hydrogen) atoms. The van der Waals surface area contributed by atoms with E-state index in [1.165, 1.54) is 5.56 Å². The first kappa shape index (κ1) is 9.72. The minimum atomic E-state index is -0.559. The van der Waals surface area contributed by atoms with Gasteiger partial charge in [0.2, 0.25) is 5.91 Å². The van der Waals surface area contributed by atoms with Crippen molar-refractivity contribution in [2.75, 3.05) is 11.4 Å². The minimum absolute atomic E-state index is 0.0950. The van der Waals surface area contributed by atoms with Gasteiger partial charge in [-0.2, -0.15) is 5.26 Å². The second-order valence-electron chi connectivity index (χ2n) is 3.72. The minimum Gasteiger partial charge on any atom is -0.311 e. The Morgan fingerprint density at radius 3 is 3.00 bits per heavy atom. The van der Waals surface area contributed by atoms with Crippen molar-refractivity contribution in [1.29, 1.82) is 5.26 Å². The van der Waals surface area contributed by atoms with Gasteiger partial charge >= 0.3 is 0 Å². The lowest BCUT2D eigenvalue weighted by molar-refractivity contribution is -0.120. The van der Waals surface area contributed by atoms with E-state index in [0.29, 0.717) is 6.54 Å². The number of para-hydroxylation sites is 1. The third-order valence-corrected chi connectivity index (χ3v) is 2.72. The molecular weight excluding hydrogens is 188 g/mol. The number of hydrogen-bond acceptors (Lipinski definition) is 2. The molecule has 1 aromatic rings. The Balaban J connectivity index is 2.29. The van der Waals surface area contributed by atoms with E-state index >= 15 is 0 Å². The van der Waals surface area contributed by atoms with Gasteiger partial charge in [0.05, 0.1) is 6.07 Å². The molecule has 0 radical (unpaired) electrons. The van der Waals surface area contributed by atoms with Crippen molar-refractivity contribution in [3.63, 3.8) is 0 Å². The zero-order valence-corrected chi connectivity index (χ0v) is 8.60. The fraction of sp³-hybridized carbons (Fsp3) is 0.333. The van der Waals surface area contributed by atoms with Crippen LogP contribution in [0.3, 0.4) is 0 Å². The number of carbonyl (C=O) groups is 1. The lowest BCUT2D eigenvalue weighted by atomic mass is 10.1. The van der Waals surface area contributed by atoms with Gasteiger partial charge in [0, 0.05) is 12.2 Å². The summed E-state index contributed by atoms with van der Waals surface area (Å²) in [6.07, 6.45) is 0.889. The molecule has 1 atom stereocenters. The van der Waals surface area contributed by atoms with Crippen LogP contribution in [0, 0.1) is 17.2 Å². The fourth-order valence-electron chi connectivity index (χ4n) is 1.86. The van der Waals surface area contributed by atoms with Crippen LogP contribution in [-0.2, 0) is 11.2 Å². The second-order valence-corrected chi connectivity index (χ2v) is 3.72. The number of fused-ring (bicyclic) bond motifs is 1. The summed E-state index contributed by atoms with van der Waals surface area (Å²) in [6.45, 7) is 2.34. The molecule has 2 rings (SSSR count). The lowest BCUT2D eigenvalue weighted by Gasteiger charge is -2.18. The van der Waals surface area contributed by atoms with Crippen LogP contribution in [-0.4, -0.2) is 12.5 Å². The first-order valence-corrected chi connectivity index (χ1v) is 5.03. The Morgan fingerprint density at radius 1 is 1.53 bits per heavy atom. The van der Waals surface area contributed by atoms with Gasteiger partial charge in [0.25, 0.3) is 0 Å². The molecule has 0 bridgehead atoms. The summed E-state index contributed by atoms with van der Waals surface area (Å²) < 4.78 is 0. The molecule has 1 aliphatic rings. The van der Waals surface area contributed by atoms with Crippen LogP contribution in [0.25, 0.3) is 0 Å². The first-order chi connectivity index (χ1) is 7.24. The molecule has 0 saturated carbocycles. The van der Waals surface area contributed by atoms with Gasteiger partial charge in [-0.3, -0.25) is 4.79 Å². The molecule has 3 nitrogen and oxygen atoms in total. The van der Waals surface area contributed by atoms with Gasteiger partial charge < -0.3 is 4.90 Å². The molecule has 1 amide bonds. The number of nitriles is 1. The highest BCUT2D eigenvalue weighted by molar-refractivity contribution is 5.98. The van der Waals surface area contributed by atoms with E-state index < -0.39 is 5.92 Å². The van der Waals surface area contributed by atoms with Crippen molar-refractivity contribution >= 4 is 11.6 Å². The van der Waals surface area contributed by atoms with Crippen LogP contribution < -0.4 is 4.90 Å². The molecule has 1 heterocycles. The molecule has 0 fully saturated rings. The topological polar surface area (TPSA) is 44.1 Å². The number of hydrogen-bond donors (Lipinski definition) is 0. The number of carbonyl (C=O) groups excluding carboxylic acids is 1. The van der Waals surface area contributed by atoms with Crippen molar-refractivity contribution in [3.8, 4) is 6.07 Å². The highest BCUT2D eigenvalue weighted by Crippen LogP contribution is 2.28. The first-order valence-electron chi connectivity index (χ1n) is 5.03. The quantitative estimate of drug-likeness (QED) is 0.693. The van der Waals surface area contributed by atoms with Crippen LogP contribution in [0.5, 0.6) is 0 Å². The third-order valence-electron chi connectivity index (χ3n) is 2.72. The van der Waals surface area contributed by atoms with E-state index in [1.54, 1.807) is 11.8 Å². The van der Waals surface area contributed by atoms with Crippen LogP contribution in [0.15, 0.2) is 24.3 Å². The predicted octanol–water partition coefficient (Wildman–Crippen LogP) is 1.74. The van der Waals surface area contributed by atoms with Gasteiger partial charge in [0.15, 0.2) is 0 Å². The summed E-state index contributed by atoms with van der Waals surface area (Å²) >= 11 is 0. The smallest absolute Gasteiger partial charge is 0.244 e. The number of amides is 1. The van der Waals surface area contributed by atoms with Crippen molar-refractivity contribution < 1.29 is 4.79 Å². The van der Waals surface area contributed by atoms with Crippen molar-refractivity contribution in [3.05, 3.63) is 29.8 Å². The standard InChI is InChI=1S/C12H12N2O/c1-9(8-13)12(15)14-7-6-10-4-2-3-5-11(10)14/h2-5,9H,6-7H2,1H3. The van der Waals surface area contributed by atoms with Gasteiger partial charge in [-0.05, 0) is 25.0 Å². The monoisotopic (exact) mass is 200 g/mol. The van der Waals surface area contributed by atoms with Crippen molar-refractivity contribution in [2.24, 2.45) is 5.92 Å². The molecule has 1 aliphatic heterocycles. The normalized spacial score (nSPS) is 15.6. The second kappa shape index (κ2) is 3.74. The summed E-state index contributed by atoms with van der Waals surface area (Å²) in [7, 11) is 0. The van der Waals surface area contributed by atoms with E-state index in [-0.39, 0.29) is 5.91 Å². The van der Waals surface area contributed by atoms with Crippen LogP contribution in [0.4, 0.5) is 5.69 Å². The molecule has 0 saturated heterocycles. The lowest BCUT2D eigenvalue weighted by Crippen LogP contribution is -2.33. The molecule has 76 valence electrons. The average Bonchev–Trinajstić information content (AvgIpc) is 2.70. The van der Waals surface area contributed by atoms with Gasteiger partial charge in [0.1, 0.15) is 5.92 Å². The Hall–Kier alpha value is -1.82. The molecule has 0 aromatic heterocycles. The number of benzene rings is 1. The summed E-state index contributed by atoms with van der Waals surface area (Å²) in [5.41, 5.74) is 2.15. The maximum absolute atomic E-state index is 11.8. The molecule has 0 aliphatic carbocycles. The molecule has 1 aromatic carbocycles. The average molecular weight is 200 g/mol. The van der Waals surface area contributed by atoms with Gasteiger partial charge in [-0.25, -0.2) is 0 Å². The summed E-state index contributed by atoms with van der Waals surface area (Å²) in [5.74, 6) is -0.654. The van der Waals surface area contributed by atoms with Crippen LogP contribution in [0.1, 0.15) is 12.5 Å². The summed E-state index contributed by atoms with van der Waals surface area (Å²) in [6, 6.07) is 9.83. The Kier molecular flexibility index (Phi) is 2.42. The highest BCUT2D eigenvalue weighted by Gasteiger charge is 2.27. The van der Waals surface area contributed by atoms with E-state index in [1.807, 2.05) is 30.3 Å². The summed E-state index contributed by atoms with van der Waals surface area (Å²) in [5, 5.41) is 8.72. The zero-order valence-electron chi connectivity index (χ0n) is 8.60. The molecular formula is C12H12N2O. The largest absolute Gasteiger partial charge is 0.311 e. The predicted molar refractivity (Wildman–Crippen MR) is 57.3 cm³/mol. The van der Waals surface area contributed by atoms with Crippen LogP contribution in [0.2, 0.25) is 0 Å². The summed E-state index contributed by atoms with van der Waals surface area (Å²) in [4.78, 5) is 13.6. The Morgan fingerprint density at radius 2 is 2.27 bits per heavy atom. The fourth-order valence-corrected chi connectivity index (χ4v) is 1.86. The zero-order chi connectivity index (χ0) is 10.8. The molecule has 3 heteroatoms. The highest BCUT2D eigenvalue weighted by atomic mass is 16.2. The van der Waals surface area contributed by atoms with Crippen LogP contribution >= 0.6 is 0 Å². The maximum atomic E-state index is 11.8. The number of anilines is 1. The number of rotatable bonds is 1. The molecule has 0 N–H and O–H groups in total. The Bertz CT molecular complexity index is 433. The van der Waals surface area contributed by atoms with E-state index in [4.69, 9.17) is 5.26 Å². The van der Waals surface area contributed by atoms with E-state index in [9.17, 15) is 4.79 Å². The van der Waals surface area contributed by atoms with Crippen molar-refractivity contribution in [1.82, 2.24) is 0 Å². The SMILES string of the molecule is CC(C#N)C(=O)N1CCc2ccccc21. The maximum Gasteiger partial charge on any atom is 0.244 e. The van der Waals surface area contributed by atoms with Crippen molar-refractivity contribution in [2.45, 2.75) is 13.3 Å². The van der Waals surface area contributed by atoms with E-state index in [2.05, 4.69) is 0 Å². The molecule has 1 unspecified atom stereocenters. The van der Waals surface area contributed by atoms with Gasteiger partial charge in [-0.15, -0.1) is 0 Å².